The maximum Gasteiger partial charge on any atom is 0.349 e. The maximum absolute atomic E-state index is 14.7. The van der Waals surface area contributed by atoms with Crippen molar-refractivity contribution in [2.24, 2.45) is 0 Å². The Balaban J connectivity index is 2.04. The Bertz CT molecular complexity index is 1140. The van der Waals surface area contributed by atoms with Crippen LogP contribution in [0.15, 0.2) is 34.4 Å². The second-order valence-corrected chi connectivity index (χ2v) is 7.25. The molecule has 25 heavy (non-hydrogen) atoms. The van der Waals surface area contributed by atoms with Gasteiger partial charge in [0.05, 0.1) is 15.9 Å². The van der Waals surface area contributed by atoms with E-state index in [2.05, 4.69) is 6.58 Å². The minimum absolute atomic E-state index is 0.0764. The average Bonchev–Trinajstić information content (AvgIpc) is 3.03. The number of hydrogen-bond donors (Lipinski definition) is 0. The van der Waals surface area contributed by atoms with Crippen LogP contribution in [0.4, 0.5) is 4.39 Å². The van der Waals surface area contributed by atoms with Crippen LogP contribution < -0.4 is 10.6 Å². The van der Waals surface area contributed by atoms with Crippen molar-refractivity contribution in [1.82, 2.24) is 18.5 Å². The molecule has 0 spiro atoms. The molecule has 1 aliphatic rings. The summed E-state index contributed by atoms with van der Waals surface area (Å²) in [6.45, 7) is 5.18. The molecule has 0 radical (unpaired) electrons. The van der Waals surface area contributed by atoms with E-state index in [4.69, 9.17) is 12.2 Å². The molecule has 0 N–H and O–H groups in total. The smallest absolute Gasteiger partial charge is 0.295 e. The van der Waals surface area contributed by atoms with Crippen molar-refractivity contribution < 1.29 is 4.39 Å². The van der Waals surface area contributed by atoms with Gasteiger partial charge in [-0.2, -0.15) is 0 Å². The third-order valence-electron chi connectivity index (χ3n) is 4.39. The number of hydrogen-bond acceptors (Lipinski definition) is 4. The van der Waals surface area contributed by atoms with Crippen LogP contribution in [0.5, 0.6) is 0 Å². The topological polar surface area (TPSA) is 53.9 Å². The fraction of sp³-hybridized carbons (Fsp3) is 0.312. The van der Waals surface area contributed by atoms with Gasteiger partial charge in [0.25, 0.3) is 0 Å². The van der Waals surface area contributed by atoms with Crippen molar-refractivity contribution in [2.75, 3.05) is 0 Å². The van der Waals surface area contributed by atoms with Gasteiger partial charge in [-0.3, -0.25) is 14.0 Å². The molecule has 1 aromatic carbocycles. The van der Waals surface area contributed by atoms with E-state index in [1.807, 2.05) is 0 Å². The van der Waals surface area contributed by atoms with Crippen molar-refractivity contribution in [2.45, 2.75) is 32.5 Å². The Labute approximate surface area is 150 Å². The molecule has 2 aromatic heterocycles. The molecule has 6 nitrogen and oxygen atoms in total. The van der Waals surface area contributed by atoms with Crippen molar-refractivity contribution in [1.29, 1.82) is 0 Å². The minimum Gasteiger partial charge on any atom is -0.295 e. The summed E-state index contributed by atoms with van der Waals surface area (Å²) in [5, 5.41) is 0. The molecule has 0 amide bonds. The Kier molecular flexibility index (Phi) is 3.84. The number of nitrogens with zero attached hydrogens (tertiary/aromatic N) is 4. The number of aromatic nitrogens is 4. The SMILES string of the molecule is C=CCn1c(=O)sc2cc(F)c(-n3c(=O)n4n(c3=S)CCCC4)cc21. The standard InChI is InChI=1S/C16H15FN4O2S2/c1-2-5-18-12-9-11(10(17)8-13(12)25-16(18)23)21-14(22)19-6-3-4-7-20(19)15(21)24/h2,8-9H,1,3-7H2. The van der Waals surface area contributed by atoms with E-state index in [1.165, 1.54) is 21.3 Å². The predicted molar refractivity (Wildman–Crippen MR) is 97.9 cm³/mol. The van der Waals surface area contributed by atoms with Gasteiger partial charge in [0, 0.05) is 19.6 Å². The minimum atomic E-state index is -0.573. The van der Waals surface area contributed by atoms with E-state index in [0.29, 0.717) is 29.9 Å². The van der Waals surface area contributed by atoms with E-state index < -0.39 is 5.82 Å². The lowest BCUT2D eigenvalue weighted by Gasteiger charge is -2.14. The van der Waals surface area contributed by atoms with Gasteiger partial charge < -0.3 is 0 Å². The van der Waals surface area contributed by atoms with Gasteiger partial charge in [0.2, 0.25) is 4.77 Å². The first-order chi connectivity index (χ1) is 12.0. The van der Waals surface area contributed by atoms with E-state index in [9.17, 15) is 14.0 Å². The summed E-state index contributed by atoms with van der Waals surface area (Å²) >= 11 is 6.38. The van der Waals surface area contributed by atoms with Crippen LogP contribution >= 0.6 is 23.6 Å². The molecular formula is C16H15FN4O2S2. The molecule has 3 aromatic rings. The fourth-order valence-electron chi connectivity index (χ4n) is 3.23. The number of benzene rings is 1. The van der Waals surface area contributed by atoms with Gasteiger partial charge in [-0.1, -0.05) is 17.4 Å². The van der Waals surface area contributed by atoms with E-state index in [-0.39, 0.29) is 21.0 Å². The highest BCUT2D eigenvalue weighted by molar-refractivity contribution is 7.71. The van der Waals surface area contributed by atoms with Gasteiger partial charge in [-0.25, -0.2) is 18.4 Å². The number of allylic oxidation sites excluding steroid dienone is 1. The summed E-state index contributed by atoms with van der Waals surface area (Å²) in [5.41, 5.74) is 0.296. The normalized spacial score (nSPS) is 14.0. The van der Waals surface area contributed by atoms with Crippen LogP contribution in [-0.4, -0.2) is 18.5 Å². The highest BCUT2D eigenvalue weighted by Crippen LogP contribution is 2.24. The molecule has 0 unspecified atom stereocenters. The Hall–Kier alpha value is -2.26. The number of fused-ring (bicyclic) bond motifs is 2. The lowest BCUT2D eigenvalue weighted by atomic mass is 10.2. The number of halogens is 1. The van der Waals surface area contributed by atoms with Gasteiger partial charge in [0.1, 0.15) is 5.82 Å². The quantitative estimate of drug-likeness (QED) is 0.520. The van der Waals surface area contributed by atoms with Gasteiger partial charge >= 0.3 is 10.6 Å². The molecule has 4 rings (SSSR count). The molecule has 0 bridgehead atoms. The van der Waals surface area contributed by atoms with Crippen LogP contribution in [-0.2, 0) is 19.6 Å². The summed E-state index contributed by atoms with van der Waals surface area (Å²) in [5.74, 6) is -0.573. The Morgan fingerprint density at radius 3 is 2.64 bits per heavy atom. The van der Waals surface area contributed by atoms with Crippen LogP contribution in [0.1, 0.15) is 12.8 Å². The predicted octanol–water partition coefficient (Wildman–Crippen LogP) is 2.67. The van der Waals surface area contributed by atoms with Crippen molar-refractivity contribution >= 4 is 33.8 Å². The molecule has 0 atom stereocenters. The molecular weight excluding hydrogens is 363 g/mol. The van der Waals surface area contributed by atoms with E-state index in [1.54, 1.807) is 15.4 Å². The summed E-state index contributed by atoms with van der Waals surface area (Å²) < 4.78 is 21.5. The average molecular weight is 378 g/mol. The Morgan fingerprint density at radius 2 is 1.96 bits per heavy atom. The first kappa shape index (κ1) is 16.2. The molecule has 0 aliphatic carbocycles. The number of thiazole rings is 1. The van der Waals surface area contributed by atoms with Crippen molar-refractivity contribution in [3.8, 4) is 5.69 Å². The second-order valence-electron chi connectivity index (χ2n) is 5.89. The lowest BCUT2D eigenvalue weighted by Crippen LogP contribution is -2.29. The monoisotopic (exact) mass is 378 g/mol. The zero-order valence-corrected chi connectivity index (χ0v) is 14.9. The first-order valence-electron chi connectivity index (χ1n) is 7.89. The van der Waals surface area contributed by atoms with Crippen LogP contribution in [0.3, 0.4) is 0 Å². The molecule has 0 fully saturated rings. The zero-order valence-electron chi connectivity index (χ0n) is 13.3. The molecule has 0 saturated carbocycles. The van der Waals surface area contributed by atoms with Gasteiger partial charge in [-0.05, 0) is 37.2 Å². The highest BCUT2D eigenvalue weighted by Gasteiger charge is 2.21. The third kappa shape index (κ3) is 2.37. The van der Waals surface area contributed by atoms with Crippen LogP contribution in [0, 0.1) is 10.6 Å². The first-order valence-corrected chi connectivity index (χ1v) is 9.12. The molecule has 1 aliphatic heterocycles. The molecule has 0 saturated heterocycles. The zero-order chi connectivity index (χ0) is 17.7. The Morgan fingerprint density at radius 1 is 1.24 bits per heavy atom. The molecule has 130 valence electrons. The van der Waals surface area contributed by atoms with Crippen molar-refractivity contribution in [3.63, 3.8) is 0 Å². The molecule has 3 heterocycles. The largest absolute Gasteiger partial charge is 0.349 e. The lowest BCUT2D eigenvalue weighted by molar-refractivity contribution is 0.352. The van der Waals surface area contributed by atoms with Crippen molar-refractivity contribution in [3.05, 3.63) is 55.5 Å². The summed E-state index contributed by atoms with van der Waals surface area (Å²) in [6, 6.07) is 2.81. The van der Waals surface area contributed by atoms with Gasteiger partial charge in [0.15, 0.2) is 0 Å². The maximum atomic E-state index is 14.7. The summed E-state index contributed by atoms with van der Waals surface area (Å²) in [4.78, 5) is 24.6. The fourth-order valence-corrected chi connectivity index (χ4v) is 4.50. The summed E-state index contributed by atoms with van der Waals surface area (Å²) in [7, 11) is 0. The second kappa shape index (κ2) is 5.92. The third-order valence-corrected chi connectivity index (χ3v) is 5.73. The summed E-state index contributed by atoms with van der Waals surface area (Å²) in [6.07, 6.45) is 3.43. The van der Waals surface area contributed by atoms with E-state index in [0.717, 1.165) is 24.2 Å². The van der Waals surface area contributed by atoms with E-state index >= 15 is 0 Å². The van der Waals surface area contributed by atoms with Gasteiger partial charge in [-0.15, -0.1) is 6.58 Å². The number of rotatable bonds is 3. The highest BCUT2D eigenvalue weighted by atomic mass is 32.1. The van der Waals surface area contributed by atoms with Crippen LogP contribution in [0.2, 0.25) is 0 Å². The molecule has 9 heteroatoms. The van der Waals surface area contributed by atoms with Crippen LogP contribution in [0.25, 0.3) is 15.9 Å².